The lowest BCUT2D eigenvalue weighted by atomic mass is 9.98. The molecule has 1 aromatic carbocycles. The highest BCUT2D eigenvalue weighted by Crippen LogP contribution is 2.18. The van der Waals surface area contributed by atoms with Crippen LogP contribution >= 0.6 is 0 Å². The summed E-state index contributed by atoms with van der Waals surface area (Å²) in [7, 11) is -3.97. The maximum absolute atomic E-state index is 12.3. The number of ether oxygens (including phenoxy) is 1. The molecule has 146 valence electrons. The van der Waals surface area contributed by atoms with E-state index in [9.17, 15) is 18.0 Å². The molecule has 1 heterocycles. The molecular weight excluding hydrogens is 372 g/mol. The minimum Gasteiger partial charge on any atom is -0.456 e. The van der Waals surface area contributed by atoms with Crippen molar-refractivity contribution in [1.29, 1.82) is 0 Å². The molecule has 0 fully saturated rings. The Morgan fingerprint density at radius 3 is 2.30 bits per heavy atom. The minimum absolute atomic E-state index is 0.114. The van der Waals surface area contributed by atoms with Crippen molar-refractivity contribution >= 4 is 21.8 Å². The topological polar surface area (TPSA) is 116 Å². The van der Waals surface area contributed by atoms with Gasteiger partial charge in [-0.05, 0) is 57.4 Å². The van der Waals surface area contributed by atoms with Gasteiger partial charge in [0.05, 0.1) is 0 Å². The van der Waals surface area contributed by atoms with Crippen LogP contribution in [-0.2, 0) is 19.6 Å². The molecule has 0 unspecified atom stereocenters. The first-order valence-electron chi connectivity index (χ1n) is 8.22. The van der Waals surface area contributed by atoms with Crippen molar-refractivity contribution in [3.8, 4) is 0 Å². The predicted octanol–water partition coefficient (Wildman–Crippen LogP) is 1.92. The van der Waals surface area contributed by atoms with Gasteiger partial charge in [0.25, 0.3) is 0 Å². The fraction of sp³-hybridized carbons (Fsp3) is 0.389. The molecule has 0 amide bonds. The van der Waals surface area contributed by atoms with Gasteiger partial charge in [-0.15, -0.1) is 0 Å². The number of carbonyl (C=O) groups is 2. The molecule has 8 nitrogen and oxygen atoms in total. The number of esters is 1. The summed E-state index contributed by atoms with van der Waals surface area (Å²) in [6.45, 7) is 7.51. The van der Waals surface area contributed by atoms with Crippen LogP contribution in [0.15, 0.2) is 21.6 Å². The van der Waals surface area contributed by atoms with E-state index in [1.807, 2.05) is 19.9 Å². The Kier molecular flexibility index (Phi) is 6.17. The second-order valence-corrected chi connectivity index (χ2v) is 8.02. The number of ketones is 1. The number of hydrogen-bond donors (Lipinski definition) is 1. The number of aromatic nitrogens is 1. The smallest absolute Gasteiger partial charge is 0.321 e. The number of hydrogen-bond acceptors (Lipinski definition) is 7. The van der Waals surface area contributed by atoms with Crippen molar-refractivity contribution < 1.29 is 27.3 Å². The lowest BCUT2D eigenvalue weighted by Gasteiger charge is -2.10. The van der Waals surface area contributed by atoms with Gasteiger partial charge in [0, 0.05) is 5.56 Å². The van der Waals surface area contributed by atoms with Crippen LogP contribution in [0.5, 0.6) is 0 Å². The lowest BCUT2D eigenvalue weighted by molar-refractivity contribution is -0.141. The number of benzene rings is 1. The number of Topliss-reactive ketones (excluding diaryl/α,β-unsaturated/α-hetero) is 1. The Balaban J connectivity index is 1.95. The largest absolute Gasteiger partial charge is 0.456 e. The van der Waals surface area contributed by atoms with Gasteiger partial charge in [0.1, 0.15) is 17.1 Å². The van der Waals surface area contributed by atoms with Crippen LogP contribution in [0.2, 0.25) is 0 Å². The predicted molar refractivity (Wildman–Crippen MR) is 97.1 cm³/mol. The summed E-state index contributed by atoms with van der Waals surface area (Å²) in [5.74, 6) is -1.09. The molecule has 0 bridgehead atoms. The van der Waals surface area contributed by atoms with E-state index >= 15 is 0 Å². The van der Waals surface area contributed by atoms with Crippen LogP contribution in [0.3, 0.4) is 0 Å². The molecule has 0 saturated heterocycles. The molecule has 0 aliphatic heterocycles. The zero-order valence-corrected chi connectivity index (χ0v) is 16.7. The van der Waals surface area contributed by atoms with Crippen LogP contribution in [0.1, 0.15) is 38.5 Å². The fourth-order valence-electron chi connectivity index (χ4n) is 2.62. The highest BCUT2D eigenvalue weighted by molar-refractivity contribution is 7.89. The molecule has 27 heavy (non-hydrogen) atoms. The van der Waals surface area contributed by atoms with E-state index in [1.54, 1.807) is 13.0 Å². The Labute approximate surface area is 157 Å². The Morgan fingerprint density at radius 1 is 1.07 bits per heavy atom. The van der Waals surface area contributed by atoms with Gasteiger partial charge in [0.15, 0.2) is 12.4 Å². The normalized spacial score (nSPS) is 11.4. The van der Waals surface area contributed by atoms with Gasteiger partial charge in [-0.3, -0.25) is 9.59 Å². The van der Waals surface area contributed by atoms with Gasteiger partial charge in [-0.1, -0.05) is 11.2 Å². The molecule has 2 aromatic rings. The molecule has 0 saturated carbocycles. The zero-order valence-electron chi connectivity index (χ0n) is 15.9. The zero-order chi connectivity index (χ0) is 20.4. The SMILES string of the molecule is Cc1cc(C)c(C(=O)COC(=O)CNS(=O)(=O)c2c(C)noc2C)cc1C. The van der Waals surface area contributed by atoms with Crippen LogP contribution in [0, 0.1) is 34.6 Å². The maximum atomic E-state index is 12.3. The van der Waals surface area contributed by atoms with Crippen LogP contribution in [-0.4, -0.2) is 38.5 Å². The highest BCUT2D eigenvalue weighted by atomic mass is 32.2. The molecule has 2 rings (SSSR count). The summed E-state index contributed by atoms with van der Waals surface area (Å²) in [4.78, 5) is 24.0. The number of aryl methyl sites for hydroxylation is 5. The molecule has 0 atom stereocenters. The van der Waals surface area contributed by atoms with Crippen molar-refractivity contribution in [1.82, 2.24) is 9.88 Å². The summed E-state index contributed by atoms with van der Waals surface area (Å²) in [6.07, 6.45) is 0. The van der Waals surface area contributed by atoms with E-state index in [4.69, 9.17) is 9.26 Å². The third-order valence-corrected chi connectivity index (χ3v) is 5.79. The number of carbonyl (C=O) groups excluding carboxylic acids is 2. The second kappa shape index (κ2) is 8.01. The summed E-state index contributed by atoms with van der Waals surface area (Å²) < 4.78 is 36.3. The summed E-state index contributed by atoms with van der Waals surface area (Å²) >= 11 is 0. The summed E-state index contributed by atoms with van der Waals surface area (Å²) in [5, 5.41) is 3.57. The van der Waals surface area contributed by atoms with Crippen molar-refractivity contribution in [3.63, 3.8) is 0 Å². The minimum atomic E-state index is -3.97. The van der Waals surface area contributed by atoms with Gasteiger partial charge < -0.3 is 9.26 Å². The number of sulfonamides is 1. The van der Waals surface area contributed by atoms with Gasteiger partial charge in [-0.25, -0.2) is 8.42 Å². The van der Waals surface area contributed by atoms with Crippen LogP contribution < -0.4 is 4.72 Å². The van der Waals surface area contributed by atoms with E-state index in [-0.39, 0.29) is 22.1 Å². The Hall–Kier alpha value is -2.52. The van der Waals surface area contributed by atoms with Gasteiger partial charge in [-0.2, -0.15) is 4.72 Å². The molecule has 9 heteroatoms. The van der Waals surface area contributed by atoms with Crippen LogP contribution in [0.25, 0.3) is 0 Å². The number of nitrogens with one attached hydrogen (secondary N) is 1. The van der Waals surface area contributed by atoms with Gasteiger partial charge in [0.2, 0.25) is 15.8 Å². The Morgan fingerprint density at radius 2 is 1.70 bits per heavy atom. The lowest BCUT2D eigenvalue weighted by Crippen LogP contribution is -2.32. The Bertz CT molecular complexity index is 972. The monoisotopic (exact) mass is 394 g/mol. The quantitative estimate of drug-likeness (QED) is 0.563. The molecule has 0 aliphatic carbocycles. The van der Waals surface area contributed by atoms with E-state index in [0.717, 1.165) is 16.7 Å². The number of nitrogens with zero attached hydrogens (tertiary/aromatic N) is 1. The fourth-order valence-corrected chi connectivity index (χ4v) is 3.91. The van der Waals surface area contributed by atoms with E-state index in [0.29, 0.717) is 5.56 Å². The first kappa shape index (κ1) is 20.8. The van der Waals surface area contributed by atoms with Gasteiger partial charge >= 0.3 is 5.97 Å². The molecule has 0 spiro atoms. The molecule has 1 N–H and O–H groups in total. The standard InChI is InChI=1S/C18H22N2O6S/c1-10-6-12(3)15(7-11(10)2)16(21)9-25-17(22)8-19-27(23,24)18-13(4)20-26-14(18)5/h6-7,19H,8-9H2,1-5H3. The molecular formula is C18H22N2O6S. The van der Waals surface area contributed by atoms with E-state index in [2.05, 4.69) is 9.88 Å². The van der Waals surface area contributed by atoms with E-state index in [1.165, 1.54) is 13.8 Å². The molecule has 0 radical (unpaired) electrons. The molecule has 1 aromatic heterocycles. The third-order valence-electron chi connectivity index (χ3n) is 4.15. The summed E-state index contributed by atoms with van der Waals surface area (Å²) in [5.41, 5.74) is 3.48. The third kappa shape index (κ3) is 4.81. The van der Waals surface area contributed by atoms with Crippen molar-refractivity contribution in [3.05, 3.63) is 45.8 Å². The summed E-state index contributed by atoms with van der Waals surface area (Å²) in [6, 6.07) is 3.64. The second-order valence-electron chi connectivity index (χ2n) is 6.31. The van der Waals surface area contributed by atoms with E-state index < -0.39 is 29.1 Å². The maximum Gasteiger partial charge on any atom is 0.321 e. The molecule has 0 aliphatic rings. The van der Waals surface area contributed by atoms with Crippen molar-refractivity contribution in [2.45, 2.75) is 39.5 Å². The van der Waals surface area contributed by atoms with Crippen molar-refractivity contribution in [2.75, 3.05) is 13.2 Å². The average Bonchev–Trinajstić information content (AvgIpc) is 2.93. The van der Waals surface area contributed by atoms with Crippen molar-refractivity contribution in [2.24, 2.45) is 0 Å². The first-order chi connectivity index (χ1) is 12.5. The van der Waals surface area contributed by atoms with Crippen LogP contribution in [0.4, 0.5) is 0 Å². The number of rotatable bonds is 7. The first-order valence-corrected chi connectivity index (χ1v) is 9.70. The highest BCUT2D eigenvalue weighted by Gasteiger charge is 2.25. The average molecular weight is 394 g/mol.